The lowest BCUT2D eigenvalue weighted by Crippen LogP contribution is -2.46. The number of quaternary nitrogens is 1. The molecule has 1 heterocycles. The Kier molecular flexibility index (Phi) is 33.1. The fourth-order valence-electron chi connectivity index (χ4n) is 6.34. The third-order valence-electron chi connectivity index (χ3n) is 9.23. The van der Waals surface area contributed by atoms with Gasteiger partial charge in [-0.15, -0.1) is 0 Å². The first-order valence-electron chi connectivity index (χ1n) is 19.7. The van der Waals surface area contributed by atoms with E-state index in [4.69, 9.17) is 17.5 Å². The molecule has 0 aromatic heterocycles. The molecule has 2 N–H and O–H groups in total. The van der Waals surface area contributed by atoms with Crippen molar-refractivity contribution >= 4 is 16.7 Å². The average molecular weight is 670 g/mol. The molecule has 0 bridgehead atoms. The van der Waals surface area contributed by atoms with E-state index >= 15 is 0 Å². The maximum atomic E-state index is 8.74. The first-order chi connectivity index (χ1) is 22.3. The summed E-state index contributed by atoms with van der Waals surface area (Å²) in [6, 6.07) is 0. The first-order valence-corrected chi connectivity index (χ1v) is 21.1. The van der Waals surface area contributed by atoms with Crippen molar-refractivity contribution < 1.29 is 22.0 Å². The fourth-order valence-corrected chi connectivity index (χ4v) is 6.34. The van der Waals surface area contributed by atoms with Crippen LogP contribution in [0.15, 0.2) is 29.3 Å². The monoisotopic (exact) mass is 670 g/mol. The minimum atomic E-state index is -4.67. The predicted octanol–water partition coefficient (Wildman–Crippen LogP) is 12.3. The molecule has 7 heteroatoms. The molecule has 0 aromatic rings. The van der Waals surface area contributed by atoms with Gasteiger partial charge < -0.3 is 0 Å². The molecule has 0 saturated carbocycles. The molecule has 1 rings (SSSR count). The molecule has 0 amide bonds. The van der Waals surface area contributed by atoms with Crippen LogP contribution in [0.3, 0.4) is 0 Å². The Balaban J connectivity index is 0.00000373. The molecule has 0 aliphatic carbocycles. The Bertz CT molecular complexity index is 776. The van der Waals surface area contributed by atoms with Gasteiger partial charge in [0, 0.05) is 0 Å². The van der Waals surface area contributed by atoms with Crippen LogP contribution in [0.1, 0.15) is 194 Å². The van der Waals surface area contributed by atoms with Crippen molar-refractivity contribution in [1.82, 2.24) is 0 Å². The highest BCUT2D eigenvalue weighted by Gasteiger charge is 2.27. The van der Waals surface area contributed by atoms with E-state index in [1.807, 2.05) is 0 Å². The number of unbranched alkanes of at least 4 members (excludes halogenated alkanes) is 24. The van der Waals surface area contributed by atoms with Crippen LogP contribution in [-0.4, -0.2) is 54.5 Å². The summed E-state index contributed by atoms with van der Waals surface area (Å²) in [7, 11) is -4.67. The molecule has 46 heavy (non-hydrogen) atoms. The van der Waals surface area contributed by atoms with Gasteiger partial charge in [0.25, 0.3) is 0 Å². The van der Waals surface area contributed by atoms with Crippen molar-refractivity contribution in [2.75, 3.05) is 26.2 Å². The van der Waals surface area contributed by atoms with Gasteiger partial charge >= 0.3 is 10.4 Å². The van der Waals surface area contributed by atoms with Crippen molar-refractivity contribution in [2.45, 2.75) is 194 Å². The number of allylic oxidation sites excluding steroid dienone is 4. The number of hydrogen-bond donors (Lipinski definition) is 2. The van der Waals surface area contributed by atoms with Gasteiger partial charge in [0.1, 0.15) is 6.54 Å². The quantitative estimate of drug-likeness (QED) is 0.0323. The SMILES string of the molecule is CCCCCCCC/C=C\CCCCCCCC[N+]1(CCCCCCCC/C=C\CCCCCCCC)C=NCC1.O=S(=O)(O)O. The van der Waals surface area contributed by atoms with E-state index in [0.29, 0.717) is 0 Å². The highest BCUT2D eigenvalue weighted by molar-refractivity contribution is 7.79. The molecule has 0 aromatic carbocycles. The summed E-state index contributed by atoms with van der Waals surface area (Å²) in [4.78, 5) is 4.66. The Morgan fingerprint density at radius 3 is 1.09 bits per heavy atom. The average Bonchev–Trinajstić information content (AvgIpc) is 3.48. The van der Waals surface area contributed by atoms with Crippen LogP contribution in [0.2, 0.25) is 0 Å². The summed E-state index contributed by atoms with van der Waals surface area (Å²) in [6.07, 6.45) is 51.1. The minimum absolute atomic E-state index is 1.05. The van der Waals surface area contributed by atoms with E-state index in [2.05, 4.69) is 49.5 Å². The largest absolute Gasteiger partial charge is 0.394 e. The van der Waals surface area contributed by atoms with Crippen LogP contribution in [-0.2, 0) is 10.4 Å². The van der Waals surface area contributed by atoms with Crippen LogP contribution >= 0.6 is 0 Å². The zero-order valence-electron chi connectivity index (χ0n) is 30.5. The molecule has 0 unspecified atom stereocenters. The Morgan fingerprint density at radius 1 is 0.522 bits per heavy atom. The Labute approximate surface area is 287 Å². The van der Waals surface area contributed by atoms with E-state index in [0.717, 1.165) is 6.54 Å². The molecular weight excluding hydrogens is 593 g/mol. The van der Waals surface area contributed by atoms with Crippen LogP contribution in [0.4, 0.5) is 0 Å². The maximum absolute atomic E-state index is 8.74. The third kappa shape index (κ3) is 35.8. The zero-order valence-corrected chi connectivity index (χ0v) is 31.3. The van der Waals surface area contributed by atoms with Crippen molar-refractivity contribution in [3.8, 4) is 0 Å². The van der Waals surface area contributed by atoms with Crippen molar-refractivity contribution in [3.63, 3.8) is 0 Å². The zero-order chi connectivity index (χ0) is 33.9. The molecule has 0 saturated heterocycles. The van der Waals surface area contributed by atoms with Gasteiger partial charge in [0.2, 0.25) is 0 Å². The molecule has 272 valence electrons. The lowest BCUT2D eigenvalue weighted by molar-refractivity contribution is -0.829. The van der Waals surface area contributed by atoms with Gasteiger partial charge in [-0.1, -0.05) is 141 Å². The van der Waals surface area contributed by atoms with Crippen molar-refractivity contribution in [1.29, 1.82) is 0 Å². The molecule has 0 fully saturated rings. The van der Waals surface area contributed by atoms with Crippen LogP contribution in [0, 0.1) is 0 Å². The Hall–Kier alpha value is -1.02. The van der Waals surface area contributed by atoms with Gasteiger partial charge in [0.05, 0.1) is 19.6 Å². The van der Waals surface area contributed by atoms with Crippen LogP contribution in [0.25, 0.3) is 0 Å². The van der Waals surface area contributed by atoms with E-state index in [1.165, 1.54) is 204 Å². The standard InChI is InChI=1S/C39H75N2.H2O4S/c1-3-5-7-9-11-13-15-17-19-21-23-25-27-29-31-33-36-41(38-35-40-39-41)37-34-32-30-28-26-24-22-20-18-16-14-12-10-8-6-4-2;1-5(2,3)4/h17-20,39H,3-16,21-38H2,1-2H3;(H2,1,2,3,4)/q+1;/b19-17-,20-18-;. The molecule has 0 atom stereocenters. The van der Waals surface area contributed by atoms with Gasteiger partial charge in [-0.3, -0.25) is 13.6 Å². The van der Waals surface area contributed by atoms with Crippen molar-refractivity contribution in [3.05, 3.63) is 24.3 Å². The molecule has 6 nitrogen and oxygen atoms in total. The summed E-state index contributed by atoms with van der Waals surface area (Å²) >= 11 is 0. The maximum Gasteiger partial charge on any atom is 0.394 e. The number of rotatable bonds is 32. The van der Waals surface area contributed by atoms with E-state index < -0.39 is 10.4 Å². The van der Waals surface area contributed by atoms with E-state index in [9.17, 15) is 0 Å². The smallest absolute Gasteiger partial charge is 0.280 e. The summed E-state index contributed by atoms with van der Waals surface area (Å²) in [6.45, 7) is 9.57. The lowest BCUT2D eigenvalue weighted by Gasteiger charge is -2.30. The second-order valence-electron chi connectivity index (χ2n) is 13.7. The van der Waals surface area contributed by atoms with E-state index in [1.54, 1.807) is 0 Å². The van der Waals surface area contributed by atoms with Gasteiger partial charge in [-0.2, -0.15) is 8.42 Å². The number of nitrogens with zero attached hydrogens (tertiary/aromatic N) is 2. The van der Waals surface area contributed by atoms with Gasteiger partial charge in [-0.25, -0.2) is 4.99 Å². The Morgan fingerprint density at radius 2 is 0.804 bits per heavy atom. The second kappa shape index (κ2) is 33.9. The topological polar surface area (TPSA) is 87.0 Å². The summed E-state index contributed by atoms with van der Waals surface area (Å²) in [5, 5.41) is 0. The highest BCUT2D eigenvalue weighted by Crippen LogP contribution is 2.17. The number of hydrogen-bond acceptors (Lipinski definition) is 3. The minimum Gasteiger partial charge on any atom is -0.280 e. The van der Waals surface area contributed by atoms with Gasteiger partial charge in [0.15, 0.2) is 6.34 Å². The van der Waals surface area contributed by atoms with Gasteiger partial charge in [-0.05, 0) is 77.0 Å². The fraction of sp³-hybridized carbons (Fsp3) is 0.872. The molecule has 0 spiro atoms. The molecular formula is C39H77N2O4S+. The van der Waals surface area contributed by atoms with E-state index in [-0.39, 0.29) is 0 Å². The molecule has 1 aliphatic rings. The second-order valence-corrected chi connectivity index (χ2v) is 14.6. The molecule has 0 radical (unpaired) electrons. The summed E-state index contributed by atoms with van der Waals surface area (Å²) < 4.78 is 32.8. The summed E-state index contributed by atoms with van der Waals surface area (Å²) in [5.41, 5.74) is 0. The van der Waals surface area contributed by atoms with Crippen molar-refractivity contribution in [2.24, 2.45) is 4.99 Å². The van der Waals surface area contributed by atoms with Crippen LogP contribution < -0.4 is 0 Å². The normalized spacial score (nSPS) is 14.4. The number of aliphatic imine (C=N–C) groups is 1. The predicted molar refractivity (Wildman–Crippen MR) is 201 cm³/mol. The third-order valence-corrected chi connectivity index (χ3v) is 9.23. The van der Waals surface area contributed by atoms with Crippen LogP contribution in [0.5, 0.6) is 0 Å². The lowest BCUT2D eigenvalue weighted by atomic mass is 10.1. The molecule has 1 aliphatic heterocycles. The first kappa shape index (κ1) is 45.0. The highest BCUT2D eigenvalue weighted by atomic mass is 32.3. The summed E-state index contributed by atoms with van der Waals surface area (Å²) in [5.74, 6) is 0.